The van der Waals surface area contributed by atoms with Crippen molar-refractivity contribution in [1.82, 2.24) is 0 Å². The van der Waals surface area contributed by atoms with Gasteiger partial charge >= 0.3 is 0 Å². The number of anilines is 1. The van der Waals surface area contributed by atoms with Crippen LogP contribution in [0.4, 0.5) is 11.4 Å². The Morgan fingerprint density at radius 2 is 2.23 bits per heavy atom. The number of carbonyl (C=O) groups excluding carboxylic acids is 1. The lowest BCUT2D eigenvalue weighted by atomic mass is 10.1. The Morgan fingerprint density at radius 3 is 2.86 bits per heavy atom. The van der Waals surface area contributed by atoms with Gasteiger partial charge in [0.1, 0.15) is 5.69 Å². The highest BCUT2D eigenvalue weighted by Gasteiger charge is 2.31. The van der Waals surface area contributed by atoms with Gasteiger partial charge in [-0.15, -0.1) is 11.3 Å². The molecule has 1 atom stereocenters. The van der Waals surface area contributed by atoms with Crippen molar-refractivity contribution in [1.29, 1.82) is 0 Å². The van der Waals surface area contributed by atoms with Crippen LogP contribution in [0.25, 0.3) is 0 Å². The highest BCUT2D eigenvalue weighted by atomic mass is 32.1. The largest absolute Gasteiger partial charge is 0.366 e. The Morgan fingerprint density at radius 1 is 1.41 bits per heavy atom. The van der Waals surface area contributed by atoms with E-state index >= 15 is 0 Å². The molecule has 1 aliphatic rings. The van der Waals surface area contributed by atoms with E-state index in [4.69, 9.17) is 5.73 Å². The first-order valence-corrected chi connectivity index (χ1v) is 7.84. The molecule has 0 radical (unpaired) electrons. The van der Waals surface area contributed by atoms with Gasteiger partial charge in [-0.3, -0.25) is 14.9 Å². The Kier molecular flexibility index (Phi) is 3.81. The zero-order chi connectivity index (χ0) is 15.7. The van der Waals surface area contributed by atoms with Crippen LogP contribution in [0.15, 0.2) is 35.7 Å². The van der Waals surface area contributed by atoms with Gasteiger partial charge in [0.25, 0.3) is 5.69 Å². The van der Waals surface area contributed by atoms with Gasteiger partial charge < -0.3 is 10.6 Å². The maximum atomic E-state index is 11.4. The predicted molar refractivity (Wildman–Crippen MR) is 85.3 cm³/mol. The lowest BCUT2D eigenvalue weighted by Crippen LogP contribution is -2.23. The van der Waals surface area contributed by atoms with Crippen molar-refractivity contribution in [3.05, 3.63) is 56.3 Å². The van der Waals surface area contributed by atoms with Crippen molar-refractivity contribution in [2.45, 2.75) is 18.9 Å². The summed E-state index contributed by atoms with van der Waals surface area (Å²) >= 11 is 1.66. The molecule has 1 aromatic heterocycles. The third kappa shape index (κ3) is 2.55. The van der Waals surface area contributed by atoms with Gasteiger partial charge in [-0.2, -0.15) is 0 Å². The molecule has 6 nitrogen and oxygen atoms in total. The lowest BCUT2D eigenvalue weighted by Gasteiger charge is -2.25. The maximum Gasteiger partial charge on any atom is 0.293 e. The minimum Gasteiger partial charge on any atom is -0.366 e. The molecule has 2 aromatic rings. The molecule has 22 heavy (non-hydrogen) atoms. The van der Waals surface area contributed by atoms with Crippen LogP contribution in [-0.2, 0) is 0 Å². The van der Waals surface area contributed by atoms with Crippen molar-refractivity contribution in [3.63, 3.8) is 0 Å². The molecule has 2 N–H and O–H groups in total. The van der Waals surface area contributed by atoms with Gasteiger partial charge in [0.15, 0.2) is 0 Å². The number of nitrogens with two attached hydrogens (primary N) is 1. The molecule has 1 aliphatic heterocycles. The van der Waals surface area contributed by atoms with E-state index in [2.05, 4.69) is 11.0 Å². The average Bonchev–Trinajstić information content (AvgIpc) is 3.17. The standard InChI is InChI=1S/C15H15N3O3S/c16-15(19)10-5-6-11(13(9-10)18(20)21)17-7-1-3-12(17)14-4-2-8-22-14/h2,4-6,8-9,12H,1,3,7H2,(H2,16,19). The molecule has 0 bridgehead atoms. The number of hydrogen-bond acceptors (Lipinski definition) is 5. The summed E-state index contributed by atoms with van der Waals surface area (Å²) in [5.74, 6) is -0.661. The number of rotatable bonds is 4. The summed E-state index contributed by atoms with van der Waals surface area (Å²) in [5, 5.41) is 13.4. The van der Waals surface area contributed by atoms with Crippen LogP contribution in [-0.4, -0.2) is 17.4 Å². The normalized spacial score (nSPS) is 17.6. The van der Waals surface area contributed by atoms with Crippen molar-refractivity contribution in [3.8, 4) is 0 Å². The van der Waals surface area contributed by atoms with E-state index in [9.17, 15) is 14.9 Å². The smallest absolute Gasteiger partial charge is 0.293 e. The molecule has 7 heteroatoms. The summed E-state index contributed by atoms with van der Waals surface area (Å²) in [6.45, 7) is 0.763. The summed E-state index contributed by atoms with van der Waals surface area (Å²) in [5.41, 5.74) is 5.85. The second kappa shape index (κ2) is 5.76. The Bertz CT molecular complexity index is 715. The molecule has 1 saturated heterocycles. The summed E-state index contributed by atoms with van der Waals surface area (Å²) in [7, 11) is 0. The van der Waals surface area contributed by atoms with Crippen LogP contribution >= 0.6 is 11.3 Å². The van der Waals surface area contributed by atoms with E-state index in [1.807, 2.05) is 11.4 Å². The number of nitro groups is 1. The topological polar surface area (TPSA) is 89.5 Å². The van der Waals surface area contributed by atoms with E-state index in [-0.39, 0.29) is 17.3 Å². The van der Waals surface area contributed by atoms with E-state index < -0.39 is 10.8 Å². The Hall–Kier alpha value is -2.41. The number of hydrogen-bond donors (Lipinski definition) is 1. The number of thiophene rings is 1. The van der Waals surface area contributed by atoms with Crippen molar-refractivity contribution >= 4 is 28.6 Å². The van der Waals surface area contributed by atoms with Crippen molar-refractivity contribution in [2.24, 2.45) is 5.73 Å². The quantitative estimate of drug-likeness (QED) is 0.693. The molecule has 1 amide bonds. The third-order valence-electron chi connectivity index (χ3n) is 3.89. The van der Waals surface area contributed by atoms with Gasteiger partial charge in [0, 0.05) is 23.1 Å². The molecule has 1 unspecified atom stereocenters. The minimum absolute atomic E-state index is 0.0697. The van der Waals surface area contributed by atoms with Crippen LogP contribution in [0.5, 0.6) is 0 Å². The predicted octanol–water partition coefficient (Wildman–Crippen LogP) is 3.10. The first-order chi connectivity index (χ1) is 10.6. The SMILES string of the molecule is NC(=O)c1ccc(N2CCCC2c2cccs2)c([N+](=O)[O-])c1. The fraction of sp³-hybridized carbons (Fsp3) is 0.267. The number of nitro benzene ring substituents is 1. The zero-order valence-electron chi connectivity index (χ0n) is 11.8. The zero-order valence-corrected chi connectivity index (χ0v) is 12.6. The number of primary amides is 1. The van der Waals surface area contributed by atoms with Crippen LogP contribution in [0.1, 0.15) is 34.1 Å². The molecule has 2 heterocycles. The molecule has 0 saturated carbocycles. The molecule has 0 aliphatic carbocycles. The van der Waals surface area contributed by atoms with Gasteiger partial charge in [-0.25, -0.2) is 0 Å². The van der Waals surface area contributed by atoms with E-state index in [1.165, 1.54) is 10.9 Å². The molecule has 114 valence electrons. The molecular weight excluding hydrogens is 302 g/mol. The van der Waals surface area contributed by atoms with Crippen LogP contribution in [0.3, 0.4) is 0 Å². The number of carbonyl (C=O) groups is 1. The second-order valence-electron chi connectivity index (χ2n) is 5.19. The highest BCUT2D eigenvalue weighted by molar-refractivity contribution is 7.10. The minimum atomic E-state index is -0.661. The summed E-state index contributed by atoms with van der Waals surface area (Å²) < 4.78 is 0. The van der Waals surface area contributed by atoms with E-state index in [0.717, 1.165) is 19.4 Å². The fourth-order valence-electron chi connectivity index (χ4n) is 2.90. The summed E-state index contributed by atoms with van der Waals surface area (Å²) in [6, 6.07) is 8.64. The van der Waals surface area contributed by atoms with Gasteiger partial charge in [0.2, 0.25) is 5.91 Å². The monoisotopic (exact) mass is 317 g/mol. The third-order valence-corrected chi connectivity index (χ3v) is 4.86. The Balaban J connectivity index is 2.03. The van der Waals surface area contributed by atoms with Gasteiger partial charge in [-0.1, -0.05) is 6.07 Å². The van der Waals surface area contributed by atoms with Crippen molar-refractivity contribution in [2.75, 3.05) is 11.4 Å². The molecule has 1 aromatic carbocycles. The van der Waals surface area contributed by atoms with Crippen LogP contribution < -0.4 is 10.6 Å². The summed E-state index contributed by atoms with van der Waals surface area (Å²) in [4.78, 5) is 25.4. The number of amides is 1. The number of benzene rings is 1. The van der Waals surface area contributed by atoms with Gasteiger partial charge in [0.05, 0.1) is 11.0 Å². The number of nitrogens with zero attached hydrogens (tertiary/aromatic N) is 2. The van der Waals surface area contributed by atoms with Gasteiger partial charge in [-0.05, 0) is 36.4 Å². The van der Waals surface area contributed by atoms with Crippen molar-refractivity contribution < 1.29 is 9.72 Å². The summed E-state index contributed by atoms with van der Waals surface area (Å²) in [6.07, 6.45) is 1.95. The average molecular weight is 317 g/mol. The highest BCUT2D eigenvalue weighted by Crippen LogP contribution is 2.41. The lowest BCUT2D eigenvalue weighted by molar-refractivity contribution is -0.384. The van der Waals surface area contributed by atoms with E-state index in [0.29, 0.717) is 5.69 Å². The Labute approximate surface area is 131 Å². The second-order valence-corrected chi connectivity index (χ2v) is 6.17. The fourth-order valence-corrected chi connectivity index (χ4v) is 3.77. The van der Waals surface area contributed by atoms with Crippen LogP contribution in [0, 0.1) is 10.1 Å². The molecule has 0 spiro atoms. The molecule has 3 rings (SSSR count). The first kappa shape index (κ1) is 14.5. The molecular formula is C15H15N3O3S. The molecule has 1 fully saturated rings. The van der Waals surface area contributed by atoms with Crippen LogP contribution in [0.2, 0.25) is 0 Å². The van der Waals surface area contributed by atoms with E-state index in [1.54, 1.807) is 23.5 Å². The maximum absolute atomic E-state index is 11.4. The first-order valence-electron chi connectivity index (χ1n) is 6.96.